The number of hydrogen-bond donors (Lipinski definition) is 1. The maximum atomic E-state index is 13.5. The number of halogens is 3. The van der Waals surface area contributed by atoms with E-state index in [1.165, 1.54) is 6.07 Å². The van der Waals surface area contributed by atoms with Crippen LogP contribution in [0.1, 0.15) is 48.5 Å². The molecule has 0 bridgehead atoms. The summed E-state index contributed by atoms with van der Waals surface area (Å²) in [5.41, 5.74) is 3.63. The van der Waals surface area contributed by atoms with Crippen molar-refractivity contribution >= 4 is 5.82 Å². The highest BCUT2D eigenvalue weighted by molar-refractivity contribution is 5.81. The molecule has 1 aliphatic rings. The predicted molar refractivity (Wildman–Crippen MR) is 144 cm³/mol. The van der Waals surface area contributed by atoms with Crippen LogP contribution in [-0.2, 0) is 6.18 Å². The van der Waals surface area contributed by atoms with Crippen molar-refractivity contribution in [3.05, 3.63) is 95.8 Å². The lowest BCUT2D eigenvalue weighted by atomic mass is 9.91. The first-order valence-corrected chi connectivity index (χ1v) is 12.8. The topological polar surface area (TPSA) is 53.9 Å². The van der Waals surface area contributed by atoms with Crippen LogP contribution in [0.15, 0.2) is 79.0 Å². The molecule has 5 rings (SSSR count). The molecule has 196 valence electrons. The summed E-state index contributed by atoms with van der Waals surface area (Å²) in [5.74, 6) is 0.928. The van der Waals surface area contributed by atoms with Gasteiger partial charge in [0.25, 0.3) is 0 Å². The molecule has 0 unspecified atom stereocenters. The van der Waals surface area contributed by atoms with Crippen molar-refractivity contribution in [2.75, 3.05) is 25.5 Å². The molecule has 8 heteroatoms. The third-order valence-electron chi connectivity index (χ3n) is 7.15. The fraction of sp³-hybridized carbons (Fsp3) is 0.300. The summed E-state index contributed by atoms with van der Waals surface area (Å²) in [6.07, 6.45) is -0.809. The van der Waals surface area contributed by atoms with Crippen molar-refractivity contribution in [1.82, 2.24) is 20.1 Å². The number of anilines is 1. The van der Waals surface area contributed by atoms with Crippen LogP contribution in [0.5, 0.6) is 0 Å². The Morgan fingerprint density at radius 2 is 1.66 bits per heavy atom. The quantitative estimate of drug-likeness (QED) is 0.293. The zero-order valence-corrected chi connectivity index (χ0v) is 21.4. The maximum Gasteiger partial charge on any atom is 0.416 e. The molecule has 38 heavy (non-hydrogen) atoms. The van der Waals surface area contributed by atoms with Gasteiger partial charge < -0.3 is 10.2 Å². The fourth-order valence-corrected chi connectivity index (χ4v) is 4.91. The molecule has 0 aliphatic carbocycles. The Hall–Kier alpha value is -3.78. The van der Waals surface area contributed by atoms with Gasteiger partial charge in [0.2, 0.25) is 0 Å². The van der Waals surface area contributed by atoms with Gasteiger partial charge in [-0.3, -0.25) is 0 Å². The number of benzene rings is 2. The van der Waals surface area contributed by atoms with Gasteiger partial charge in [-0.1, -0.05) is 42.5 Å². The van der Waals surface area contributed by atoms with Crippen molar-refractivity contribution < 1.29 is 13.2 Å². The molecule has 1 N–H and O–H groups in total. The highest BCUT2D eigenvalue weighted by atomic mass is 19.4. The minimum Gasteiger partial charge on any atom is -0.364 e. The summed E-state index contributed by atoms with van der Waals surface area (Å²) >= 11 is 0. The van der Waals surface area contributed by atoms with Crippen LogP contribution in [0.2, 0.25) is 0 Å². The van der Waals surface area contributed by atoms with Crippen LogP contribution in [0.3, 0.4) is 0 Å². The number of alkyl halides is 3. The molecule has 0 spiro atoms. The lowest BCUT2D eigenvalue weighted by Gasteiger charge is -2.28. The number of aromatic nitrogens is 3. The van der Waals surface area contributed by atoms with Crippen molar-refractivity contribution in [3.8, 4) is 22.4 Å². The molecule has 1 atom stereocenters. The van der Waals surface area contributed by atoms with E-state index in [4.69, 9.17) is 0 Å². The molecule has 0 saturated carbocycles. The van der Waals surface area contributed by atoms with Crippen LogP contribution in [-0.4, -0.2) is 40.2 Å². The first-order chi connectivity index (χ1) is 18.3. The maximum absolute atomic E-state index is 13.5. The van der Waals surface area contributed by atoms with Gasteiger partial charge in [0.1, 0.15) is 11.5 Å². The predicted octanol–water partition coefficient (Wildman–Crippen LogP) is 7.21. The van der Waals surface area contributed by atoms with E-state index < -0.39 is 11.7 Å². The fourth-order valence-electron chi connectivity index (χ4n) is 4.91. The Morgan fingerprint density at radius 1 is 0.895 bits per heavy atom. The van der Waals surface area contributed by atoms with Crippen molar-refractivity contribution in [1.29, 1.82) is 0 Å². The largest absolute Gasteiger partial charge is 0.416 e. The van der Waals surface area contributed by atoms with E-state index in [1.807, 2.05) is 48.5 Å². The Kier molecular flexibility index (Phi) is 7.42. The number of hydrogen-bond acceptors (Lipinski definition) is 5. The van der Waals surface area contributed by atoms with E-state index in [0.29, 0.717) is 17.1 Å². The van der Waals surface area contributed by atoms with Crippen LogP contribution < -0.4 is 5.32 Å². The van der Waals surface area contributed by atoms with Crippen molar-refractivity contribution in [3.63, 3.8) is 0 Å². The second kappa shape index (κ2) is 10.9. The molecule has 3 heterocycles. The number of rotatable bonds is 6. The van der Waals surface area contributed by atoms with Gasteiger partial charge in [-0.05, 0) is 81.4 Å². The van der Waals surface area contributed by atoms with Crippen LogP contribution in [0.4, 0.5) is 19.0 Å². The highest BCUT2D eigenvalue weighted by Crippen LogP contribution is 2.37. The summed E-state index contributed by atoms with van der Waals surface area (Å²) in [5, 5.41) is 12.5. The number of pyridine rings is 1. The minimum absolute atomic E-state index is 0.0206. The molecular weight excluding hydrogens is 487 g/mol. The van der Waals surface area contributed by atoms with Gasteiger partial charge in [-0.15, -0.1) is 5.10 Å². The summed E-state index contributed by atoms with van der Waals surface area (Å²) < 4.78 is 40.5. The Bertz CT molecular complexity index is 1380. The lowest BCUT2D eigenvalue weighted by Crippen LogP contribution is -2.29. The first-order valence-electron chi connectivity index (χ1n) is 12.8. The zero-order valence-electron chi connectivity index (χ0n) is 21.4. The van der Waals surface area contributed by atoms with Gasteiger partial charge in [0.15, 0.2) is 0 Å². The summed E-state index contributed by atoms with van der Waals surface area (Å²) in [6.45, 7) is 4.00. The minimum atomic E-state index is -4.45. The Morgan fingerprint density at radius 3 is 2.39 bits per heavy atom. The van der Waals surface area contributed by atoms with E-state index in [2.05, 4.69) is 39.4 Å². The number of nitrogens with zero attached hydrogens (tertiary/aromatic N) is 4. The average Bonchev–Trinajstić information content (AvgIpc) is 2.93. The van der Waals surface area contributed by atoms with E-state index in [-0.39, 0.29) is 12.0 Å². The molecule has 2 aromatic carbocycles. The lowest BCUT2D eigenvalue weighted by molar-refractivity contribution is -0.137. The van der Waals surface area contributed by atoms with Crippen LogP contribution >= 0.6 is 0 Å². The number of likely N-dealkylation sites (tertiary alicyclic amines) is 1. The monoisotopic (exact) mass is 517 g/mol. The molecular formula is C30H30F3N5. The molecule has 1 fully saturated rings. The highest BCUT2D eigenvalue weighted by Gasteiger charge is 2.31. The van der Waals surface area contributed by atoms with E-state index in [9.17, 15) is 13.2 Å². The zero-order chi connectivity index (χ0) is 26.7. The van der Waals surface area contributed by atoms with Gasteiger partial charge in [-0.2, -0.15) is 18.3 Å². The summed E-state index contributed by atoms with van der Waals surface area (Å²) in [6, 6.07) is 21.1. The Labute approximate surface area is 220 Å². The van der Waals surface area contributed by atoms with E-state index in [1.54, 1.807) is 12.3 Å². The SMILES string of the molecule is C[C@H](Nc1cc(-c2cc(C3CCN(C)CC3)nnc2-c2cccc(C(F)(F)F)c2)ccn1)c1ccccc1. The van der Waals surface area contributed by atoms with E-state index in [0.717, 1.165) is 60.4 Å². The smallest absolute Gasteiger partial charge is 0.364 e. The summed E-state index contributed by atoms with van der Waals surface area (Å²) in [4.78, 5) is 6.79. The molecule has 0 amide bonds. The third kappa shape index (κ3) is 5.86. The molecule has 1 saturated heterocycles. The second-order valence-electron chi connectivity index (χ2n) is 9.89. The third-order valence-corrected chi connectivity index (χ3v) is 7.15. The standard InChI is InChI=1S/C30H30F3N5/c1-20(21-7-4-3-5-8-21)35-28-18-23(11-14-34-28)26-19-27(22-12-15-38(2)16-13-22)36-37-29(26)24-9-6-10-25(17-24)30(31,32)33/h3-11,14,17-20,22H,12-13,15-16H2,1-2H3,(H,34,35)/t20-/m0/s1. The van der Waals surface area contributed by atoms with Crippen LogP contribution in [0, 0.1) is 0 Å². The number of nitrogens with one attached hydrogen (secondary N) is 1. The molecule has 0 radical (unpaired) electrons. The molecule has 2 aromatic heterocycles. The van der Waals surface area contributed by atoms with Gasteiger partial charge in [-0.25, -0.2) is 4.98 Å². The van der Waals surface area contributed by atoms with Crippen molar-refractivity contribution in [2.45, 2.75) is 37.9 Å². The average molecular weight is 518 g/mol. The first kappa shape index (κ1) is 25.9. The molecule has 1 aliphatic heterocycles. The molecule has 4 aromatic rings. The van der Waals surface area contributed by atoms with Crippen LogP contribution in [0.25, 0.3) is 22.4 Å². The number of piperidine rings is 1. The van der Waals surface area contributed by atoms with Gasteiger partial charge in [0, 0.05) is 29.3 Å². The van der Waals surface area contributed by atoms with Gasteiger partial charge >= 0.3 is 6.18 Å². The second-order valence-corrected chi connectivity index (χ2v) is 9.89. The van der Waals surface area contributed by atoms with Gasteiger partial charge in [0.05, 0.1) is 11.3 Å². The molecule has 5 nitrogen and oxygen atoms in total. The summed E-state index contributed by atoms with van der Waals surface area (Å²) in [7, 11) is 2.10. The normalized spacial score (nSPS) is 15.8. The Balaban J connectivity index is 1.55. The van der Waals surface area contributed by atoms with E-state index >= 15 is 0 Å². The van der Waals surface area contributed by atoms with Crippen molar-refractivity contribution in [2.24, 2.45) is 0 Å².